The van der Waals surface area contributed by atoms with Gasteiger partial charge in [-0.2, -0.15) is 5.10 Å². The Morgan fingerprint density at radius 1 is 1.37 bits per heavy atom. The predicted octanol–water partition coefficient (Wildman–Crippen LogP) is 3.69. The lowest BCUT2D eigenvalue weighted by Gasteiger charge is -2.34. The third-order valence-corrected chi connectivity index (χ3v) is 5.85. The van der Waals surface area contributed by atoms with Crippen LogP contribution >= 0.6 is 11.3 Å². The van der Waals surface area contributed by atoms with Crippen molar-refractivity contribution in [1.82, 2.24) is 14.7 Å². The molecule has 0 bridgehead atoms. The zero-order valence-electron chi connectivity index (χ0n) is 15.1. The highest BCUT2D eigenvalue weighted by Gasteiger charge is 2.26. The first-order chi connectivity index (χ1) is 13.1. The van der Waals surface area contributed by atoms with Crippen molar-refractivity contribution in [1.29, 1.82) is 0 Å². The van der Waals surface area contributed by atoms with Gasteiger partial charge >= 0.3 is 0 Å². The minimum Gasteiger partial charge on any atom is -0.310 e. The summed E-state index contributed by atoms with van der Waals surface area (Å²) in [6.45, 7) is 3.70. The van der Waals surface area contributed by atoms with Crippen LogP contribution in [0.2, 0.25) is 0 Å². The number of fused-ring (bicyclic) bond motifs is 1. The molecule has 3 heterocycles. The Labute approximate surface area is 161 Å². The highest BCUT2D eigenvalue weighted by molar-refractivity contribution is 7.09. The van der Waals surface area contributed by atoms with Crippen LogP contribution < -0.4 is 5.32 Å². The minimum atomic E-state index is -0.232. The van der Waals surface area contributed by atoms with Crippen molar-refractivity contribution in [2.24, 2.45) is 0 Å². The first-order valence-electron chi connectivity index (χ1n) is 8.96. The lowest BCUT2D eigenvalue weighted by molar-refractivity contribution is -0.118. The van der Waals surface area contributed by atoms with Gasteiger partial charge in [-0.1, -0.05) is 12.1 Å². The number of hydrogen-bond donors (Lipinski definition) is 1. The van der Waals surface area contributed by atoms with Gasteiger partial charge in [-0.05, 0) is 48.1 Å². The van der Waals surface area contributed by atoms with Crippen LogP contribution in [-0.2, 0) is 17.8 Å². The molecule has 0 saturated heterocycles. The first-order valence-corrected chi connectivity index (χ1v) is 9.84. The Morgan fingerprint density at radius 3 is 3.07 bits per heavy atom. The molecule has 1 atom stereocenters. The van der Waals surface area contributed by atoms with Crippen molar-refractivity contribution in [3.05, 3.63) is 69.8 Å². The predicted molar refractivity (Wildman–Crippen MR) is 104 cm³/mol. The molecule has 0 aliphatic carbocycles. The maximum Gasteiger partial charge on any atom is 0.239 e. The number of nitrogens with one attached hydrogen (secondary N) is 1. The van der Waals surface area contributed by atoms with Gasteiger partial charge in [0.1, 0.15) is 11.6 Å². The fourth-order valence-corrected chi connectivity index (χ4v) is 4.22. The van der Waals surface area contributed by atoms with Crippen LogP contribution in [0.4, 0.5) is 10.2 Å². The van der Waals surface area contributed by atoms with E-state index in [1.807, 2.05) is 30.5 Å². The zero-order valence-corrected chi connectivity index (χ0v) is 15.9. The van der Waals surface area contributed by atoms with Gasteiger partial charge in [0, 0.05) is 23.5 Å². The molecule has 0 saturated carbocycles. The average Bonchev–Trinajstić information content (AvgIpc) is 3.31. The van der Waals surface area contributed by atoms with Gasteiger partial charge in [0.05, 0.1) is 19.3 Å². The third kappa shape index (κ3) is 3.94. The second-order valence-corrected chi connectivity index (χ2v) is 7.77. The molecule has 1 aliphatic rings. The van der Waals surface area contributed by atoms with E-state index in [-0.39, 0.29) is 24.3 Å². The molecule has 1 aliphatic heterocycles. The summed E-state index contributed by atoms with van der Waals surface area (Å²) in [6.07, 6.45) is 2.51. The van der Waals surface area contributed by atoms with Crippen LogP contribution in [0.5, 0.6) is 0 Å². The molecule has 1 aromatic carbocycles. The minimum absolute atomic E-state index is 0.00577. The smallest absolute Gasteiger partial charge is 0.239 e. The topological polar surface area (TPSA) is 50.2 Å². The summed E-state index contributed by atoms with van der Waals surface area (Å²) in [6, 6.07) is 10.8. The molecule has 140 valence electrons. The van der Waals surface area contributed by atoms with Gasteiger partial charge in [0.25, 0.3) is 0 Å². The number of hydrogen-bond acceptors (Lipinski definition) is 4. The molecule has 1 unspecified atom stereocenters. The van der Waals surface area contributed by atoms with Crippen LogP contribution in [0.3, 0.4) is 0 Å². The van der Waals surface area contributed by atoms with E-state index in [2.05, 4.69) is 15.3 Å². The molecule has 7 heteroatoms. The molecule has 4 rings (SSSR count). The van der Waals surface area contributed by atoms with Gasteiger partial charge < -0.3 is 5.32 Å². The van der Waals surface area contributed by atoms with Crippen LogP contribution in [0.15, 0.2) is 48.0 Å². The number of halogens is 1. The Balaban J connectivity index is 1.41. The summed E-state index contributed by atoms with van der Waals surface area (Å²) in [5.41, 5.74) is 2.13. The summed E-state index contributed by atoms with van der Waals surface area (Å²) in [4.78, 5) is 15.9. The maximum absolute atomic E-state index is 13.6. The average molecular weight is 384 g/mol. The van der Waals surface area contributed by atoms with Crippen molar-refractivity contribution >= 4 is 23.1 Å². The van der Waals surface area contributed by atoms with Crippen molar-refractivity contribution in [2.75, 3.05) is 18.4 Å². The number of amides is 1. The molecule has 1 amide bonds. The van der Waals surface area contributed by atoms with E-state index in [4.69, 9.17) is 0 Å². The number of thiophene rings is 1. The molecule has 0 radical (unpaired) electrons. The van der Waals surface area contributed by atoms with E-state index < -0.39 is 0 Å². The highest BCUT2D eigenvalue weighted by atomic mass is 32.1. The quantitative estimate of drug-likeness (QED) is 0.730. The summed E-state index contributed by atoms with van der Waals surface area (Å²) in [7, 11) is 0. The fraction of sp³-hybridized carbons (Fsp3) is 0.300. The maximum atomic E-state index is 13.6. The van der Waals surface area contributed by atoms with Gasteiger partial charge in [-0.15, -0.1) is 11.3 Å². The first kappa shape index (κ1) is 17.9. The highest BCUT2D eigenvalue weighted by Crippen LogP contribution is 2.29. The van der Waals surface area contributed by atoms with E-state index in [1.165, 1.54) is 10.9 Å². The number of rotatable bonds is 5. The van der Waals surface area contributed by atoms with Crippen LogP contribution in [0, 0.1) is 5.82 Å². The van der Waals surface area contributed by atoms with Gasteiger partial charge in [0.2, 0.25) is 5.91 Å². The largest absolute Gasteiger partial charge is 0.310 e. The van der Waals surface area contributed by atoms with Crippen molar-refractivity contribution in [2.45, 2.75) is 25.9 Å². The number of nitrogens with zero attached hydrogens (tertiary/aromatic N) is 3. The Hall–Kier alpha value is -2.51. The summed E-state index contributed by atoms with van der Waals surface area (Å²) >= 11 is 1.66. The fourth-order valence-electron chi connectivity index (χ4n) is 3.53. The Kier molecular flexibility index (Phi) is 5.05. The third-order valence-electron chi connectivity index (χ3n) is 4.99. The normalized spacial score (nSPS) is 16.9. The molecule has 0 fully saturated rings. The molecular weight excluding hydrogens is 363 g/mol. The van der Waals surface area contributed by atoms with Gasteiger partial charge in [-0.3, -0.25) is 9.69 Å². The second kappa shape index (κ2) is 7.62. The Morgan fingerprint density at radius 2 is 2.26 bits per heavy atom. The van der Waals surface area contributed by atoms with E-state index in [0.717, 1.165) is 24.1 Å². The molecule has 0 spiro atoms. The summed E-state index contributed by atoms with van der Waals surface area (Å²) < 4.78 is 15.4. The lowest BCUT2D eigenvalue weighted by Crippen LogP contribution is -2.39. The van der Waals surface area contributed by atoms with E-state index in [0.29, 0.717) is 12.4 Å². The lowest BCUT2D eigenvalue weighted by atomic mass is 9.93. The van der Waals surface area contributed by atoms with E-state index in [1.54, 1.807) is 34.3 Å². The van der Waals surface area contributed by atoms with Crippen LogP contribution in [0.25, 0.3) is 0 Å². The van der Waals surface area contributed by atoms with E-state index >= 15 is 0 Å². The SMILES string of the molecule is CC1c2cc(F)ccc2CCN1CC(=O)Nc1ccnn1Cc1cccs1. The molecule has 27 heavy (non-hydrogen) atoms. The number of carbonyl (C=O) groups excluding carboxylic acids is 1. The molecule has 1 N–H and O–H groups in total. The van der Waals surface area contributed by atoms with Gasteiger partial charge in [0.15, 0.2) is 0 Å². The molecule has 5 nitrogen and oxygen atoms in total. The number of benzene rings is 1. The monoisotopic (exact) mass is 384 g/mol. The number of anilines is 1. The van der Waals surface area contributed by atoms with Crippen molar-refractivity contribution in [3.63, 3.8) is 0 Å². The standard InChI is InChI=1S/C20H21FN4OS/c1-14-18-11-16(21)5-4-15(18)7-9-24(14)13-20(26)23-19-6-8-22-25(19)12-17-3-2-10-27-17/h2-6,8,10-11,14H,7,9,12-13H2,1H3,(H,23,26). The van der Waals surface area contributed by atoms with Crippen LogP contribution in [-0.4, -0.2) is 33.7 Å². The summed E-state index contributed by atoms with van der Waals surface area (Å²) in [5, 5.41) is 9.28. The van der Waals surface area contributed by atoms with E-state index in [9.17, 15) is 9.18 Å². The molecular formula is C20H21FN4OS. The van der Waals surface area contributed by atoms with Gasteiger partial charge in [-0.25, -0.2) is 9.07 Å². The zero-order chi connectivity index (χ0) is 18.8. The molecule has 3 aromatic rings. The van der Waals surface area contributed by atoms with Crippen LogP contribution in [0.1, 0.15) is 29.0 Å². The second-order valence-electron chi connectivity index (χ2n) is 6.74. The summed E-state index contributed by atoms with van der Waals surface area (Å²) in [5.74, 6) is 0.364. The van der Waals surface area contributed by atoms with Crippen molar-refractivity contribution < 1.29 is 9.18 Å². The number of carbonyl (C=O) groups is 1. The Bertz CT molecular complexity index is 937. The van der Waals surface area contributed by atoms with Crippen molar-refractivity contribution in [3.8, 4) is 0 Å². The molecule has 2 aromatic heterocycles. The number of aromatic nitrogens is 2.